The van der Waals surface area contributed by atoms with E-state index in [2.05, 4.69) is 10.0 Å². The van der Waals surface area contributed by atoms with Gasteiger partial charge in [-0.2, -0.15) is 0 Å². The van der Waals surface area contributed by atoms with Crippen LogP contribution in [0.1, 0.15) is 18.1 Å². The van der Waals surface area contributed by atoms with Gasteiger partial charge in [-0.25, -0.2) is 13.1 Å². The SMILES string of the molecule is CCOc1ccc(Oc2ccccc2NC(=O)CNS(=O)(=O)/C=C/c2ccc(C)cc2)cc1. The molecule has 33 heavy (non-hydrogen) atoms. The summed E-state index contributed by atoms with van der Waals surface area (Å²) in [6, 6.07) is 21.4. The quantitative estimate of drug-likeness (QED) is 0.451. The van der Waals surface area contributed by atoms with E-state index in [0.717, 1.165) is 22.3 Å². The number of hydrogen-bond acceptors (Lipinski definition) is 5. The summed E-state index contributed by atoms with van der Waals surface area (Å²) in [4.78, 5) is 12.4. The highest BCUT2D eigenvalue weighted by Gasteiger charge is 2.12. The molecule has 0 unspecified atom stereocenters. The van der Waals surface area contributed by atoms with E-state index in [0.29, 0.717) is 23.8 Å². The zero-order valence-electron chi connectivity index (χ0n) is 18.4. The summed E-state index contributed by atoms with van der Waals surface area (Å²) < 4.78 is 37.9. The van der Waals surface area contributed by atoms with E-state index in [1.807, 2.05) is 38.1 Å². The molecule has 0 fully saturated rings. The van der Waals surface area contributed by atoms with Crippen molar-refractivity contribution in [2.24, 2.45) is 0 Å². The van der Waals surface area contributed by atoms with Crippen molar-refractivity contribution >= 4 is 27.7 Å². The van der Waals surface area contributed by atoms with Gasteiger partial charge in [-0.15, -0.1) is 0 Å². The van der Waals surface area contributed by atoms with Gasteiger partial charge in [0.1, 0.15) is 11.5 Å². The van der Waals surface area contributed by atoms with Crippen molar-refractivity contribution in [3.63, 3.8) is 0 Å². The Balaban J connectivity index is 1.58. The lowest BCUT2D eigenvalue weighted by molar-refractivity contribution is -0.115. The van der Waals surface area contributed by atoms with E-state index < -0.39 is 22.5 Å². The Kier molecular flexibility index (Phi) is 8.23. The minimum Gasteiger partial charge on any atom is -0.494 e. The Hall–Kier alpha value is -3.62. The number of amides is 1. The molecule has 8 heteroatoms. The average molecular weight is 467 g/mol. The van der Waals surface area contributed by atoms with E-state index >= 15 is 0 Å². The van der Waals surface area contributed by atoms with Gasteiger partial charge in [-0.1, -0.05) is 42.0 Å². The van der Waals surface area contributed by atoms with Crippen LogP contribution in [0.3, 0.4) is 0 Å². The molecule has 0 saturated carbocycles. The molecule has 3 rings (SSSR count). The summed E-state index contributed by atoms with van der Waals surface area (Å²) in [7, 11) is -3.78. The van der Waals surface area contributed by atoms with Crippen LogP contribution in [0.2, 0.25) is 0 Å². The number of carbonyl (C=O) groups excluding carboxylic acids is 1. The highest BCUT2D eigenvalue weighted by molar-refractivity contribution is 7.92. The lowest BCUT2D eigenvalue weighted by atomic mass is 10.2. The van der Waals surface area contributed by atoms with Gasteiger partial charge in [0.15, 0.2) is 5.75 Å². The van der Waals surface area contributed by atoms with Crippen LogP contribution in [0.4, 0.5) is 5.69 Å². The van der Waals surface area contributed by atoms with Gasteiger partial charge in [0.2, 0.25) is 15.9 Å². The standard InChI is InChI=1S/C25H26N2O5S/c1-3-31-21-12-14-22(15-13-21)32-24-7-5-4-6-23(24)27-25(28)18-26-33(29,30)17-16-20-10-8-19(2)9-11-20/h4-17,26H,3,18H2,1-2H3,(H,27,28)/b17-16+. The van der Waals surface area contributed by atoms with Crippen molar-refractivity contribution in [1.82, 2.24) is 4.72 Å². The highest BCUT2D eigenvalue weighted by atomic mass is 32.2. The van der Waals surface area contributed by atoms with E-state index in [4.69, 9.17) is 9.47 Å². The maximum atomic E-state index is 12.4. The van der Waals surface area contributed by atoms with E-state index in [9.17, 15) is 13.2 Å². The molecule has 0 aliphatic carbocycles. The van der Waals surface area contributed by atoms with Gasteiger partial charge in [0.25, 0.3) is 0 Å². The molecule has 0 bridgehead atoms. The third-order valence-electron chi connectivity index (χ3n) is 4.47. The molecule has 0 spiro atoms. The summed E-state index contributed by atoms with van der Waals surface area (Å²) in [5.74, 6) is 1.21. The second-order valence-corrected chi connectivity index (χ2v) is 8.78. The Morgan fingerprint density at radius 2 is 1.61 bits per heavy atom. The lowest BCUT2D eigenvalue weighted by Crippen LogP contribution is -2.31. The average Bonchev–Trinajstić information content (AvgIpc) is 2.80. The third kappa shape index (κ3) is 7.78. The van der Waals surface area contributed by atoms with E-state index in [-0.39, 0.29) is 0 Å². The van der Waals surface area contributed by atoms with Gasteiger partial charge in [0.05, 0.1) is 18.8 Å². The van der Waals surface area contributed by atoms with Crippen molar-refractivity contribution in [3.05, 3.63) is 89.3 Å². The molecule has 0 atom stereocenters. The molecule has 172 valence electrons. The molecular weight excluding hydrogens is 440 g/mol. The topological polar surface area (TPSA) is 93.7 Å². The maximum Gasteiger partial charge on any atom is 0.239 e. The van der Waals surface area contributed by atoms with E-state index in [1.54, 1.807) is 48.5 Å². The number of aryl methyl sites for hydroxylation is 1. The van der Waals surface area contributed by atoms with Crippen LogP contribution in [0, 0.1) is 6.92 Å². The number of hydrogen-bond donors (Lipinski definition) is 2. The maximum absolute atomic E-state index is 12.4. The van der Waals surface area contributed by atoms with Crippen molar-refractivity contribution in [2.45, 2.75) is 13.8 Å². The van der Waals surface area contributed by atoms with Crippen molar-refractivity contribution in [2.75, 3.05) is 18.5 Å². The Bertz CT molecular complexity index is 1200. The summed E-state index contributed by atoms with van der Waals surface area (Å²) in [6.07, 6.45) is 1.47. The minimum absolute atomic E-state index is 0.419. The predicted molar refractivity (Wildman–Crippen MR) is 130 cm³/mol. The zero-order valence-corrected chi connectivity index (χ0v) is 19.3. The van der Waals surface area contributed by atoms with Crippen molar-refractivity contribution in [1.29, 1.82) is 0 Å². The van der Waals surface area contributed by atoms with Crippen LogP contribution >= 0.6 is 0 Å². The molecule has 0 aliphatic heterocycles. The largest absolute Gasteiger partial charge is 0.494 e. The Labute approximate surface area is 194 Å². The monoisotopic (exact) mass is 466 g/mol. The number of para-hydroxylation sites is 2. The number of ether oxygens (including phenoxy) is 2. The normalized spacial score (nSPS) is 11.3. The fraction of sp³-hybridized carbons (Fsp3) is 0.160. The molecule has 7 nitrogen and oxygen atoms in total. The fourth-order valence-corrected chi connectivity index (χ4v) is 3.58. The van der Waals surface area contributed by atoms with Gasteiger partial charge in [0, 0.05) is 5.41 Å². The van der Waals surface area contributed by atoms with Gasteiger partial charge >= 0.3 is 0 Å². The van der Waals surface area contributed by atoms with Crippen LogP contribution in [0.15, 0.2) is 78.2 Å². The van der Waals surface area contributed by atoms with Crippen molar-refractivity contribution in [3.8, 4) is 17.2 Å². The lowest BCUT2D eigenvalue weighted by Gasteiger charge is -2.13. The summed E-state index contributed by atoms with van der Waals surface area (Å²) in [5, 5.41) is 3.71. The second kappa shape index (κ2) is 11.3. The third-order valence-corrected chi connectivity index (χ3v) is 5.52. The first kappa shape index (κ1) is 24.0. The molecule has 1 amide bonds. The molecule has 0 aliphatic rings. The van der Waals surface area contributed by atoms with Gasteiger partial charge < -0.3 is 14.8 Å². The van der Waals surface area contributed by atoms with Crippen LogP contribution in [0.25, 0.3) is 6.08 Å². The molecular formula is C25H26N2O5S. The molecule has 0 heterocycles. The first-order chi connectivity index (χ1) is 15.8. The van der Waals surface area contributed by atoms with E-state index in [1.165, 1.54) is 6.08 Å². The van der Waals surface area contributed by atoms with Gasteiger partial charge in [-0.3, -0.25) is 4.79 Å². The summed E-state index contributed by atoms with van der Waals surface area (Å²) in [5.41, 5.74) is 2.25. The highest BCUT2D eigenvalue weighted by Crippen LogP contribution is 2.30. The van der Waals surface area contributed by atoms with Crippen LogP contribution in [-0.4, -0.2) is 27.5 Å². The summed E-state index contributed by atoms with van der Waals surface area (Å²) >= 11 is 0. The number of anilines is 1. The second-order valence-electron chi connectivity index (χ2n) is 7.13. The van der Waals surface area contributed by atoms with Gasteiger partial charge in [-0.05, 0) is 61.9 Å². The number of sulfonamides is 1. The van der Waals surface area contributed by atoms with Crippen LogP contribution in [0.5, 0.6) is 17.2 Å². The minimum atomic E-state index is -3.78. The van der Waals surface area contributed by atoms with Crippen LogP contribution in [-0.2, 0) is 14.8 Å². The first-order valence-electron chi connectivity index (χ1n) is 10.4. The first-order valence-corrected chi connectivity index (χ1v) is 11.9. The number of carbonyl (C=O) groups is 1. The Morgan fingerprint density at radius 1 is 0.939 bits per heavy atom. The predicted octanol–water partition coefficient (Wildman–Crippen LogP) is 4.71. The fourth-order valence-electron chi connectivity index (χ4n) is 2.81. The van der Waals surface area contributed by atoms with Crippen LogP contribution < -0.4 is 19.5 Å². The number of rotatable bonds is 10. The molecule has 0 saturated heterocycles. The molecule has 0 radical (unpaired) electrons. The zero-order chi connectivity index (χ0) is 23.7. The Morgan fingerprint density at radius 3 is 2.30 bits per heavy atom. The molecule has 3 aromatic rings. The van der Waals surface area contributed by atoms with Crippen molar-refractivity contribution < 1.29 is 22.7 Å². The molecule has 0 aromatic heterocycles. The summed E-state index contributed by atoms with van der Waals surface area (Å²) in [6.45, 7) is 4.01. The molecule has 2 N–H and O–H groups in total. The number of nitrogens with one attached hydrogen (secondary N) is 2. The molecule has 3 aromatic carbocycles. The number of benzene rings is 3. The smallest absolute Gasteiger partial charge is 0.239 e.